The van der Waals surface area contributed by atoms with E-state index in [0.29, 0.717) is 25.0 Å². The molecular formula is C20H24N2O4. The Bertz CT molecular complexity index is 750. The second-order valence-electron chi connectivity index (χ2n) is 7.52. The number of fused-ring (bicyclic) bond motifs is 1. The van der Waals surface area contributed by atoms with E-state index >= 15 is 0 Å². The molecule has 2 aliphatic heterocycles. The number of urea groups is 1. The average Bonchev–Trinajstić information content (AvgIpc) is 3.16. The number of ether oxygens (including phenoxy) is 1. The van der Waals surface area contributed by atoms with Crippen molar-refractivity contribution in [2.24, 2.45) is 0 Å². The maximum absolute atomic E-state index is 13.0. The van der Waals surface area contributed by atoms with Gasteiger partial charge in [0.25, 0.3) is 5.91 Å². The summed E-state index contributed by atoms with van der Waals surface area (Å²) in [5, 5.41) is 2.90. The molecule has 1 aromatic rings. The highest BCUT2D eigenvalue weighted by molar-refractivity contribution is 6.11. The molecule has 6 nitrogen and oxygen atoms in total. The number of rotatable bonds is 3. The molecule has 1 aliphatic carbocycles. The largest absolute Gasteiger partial charge is 0.493 e. The Kier molecular flexibility index (Phi) is 4.42. The first-order valence-electron chi connectivity index (χ1n) is 9.52. The van der Waals surface area contributed by atoms with Crippen molar-refractivity contribution >= 4 is 17.7 Å². The van der Waals surface area contributed by atoms with Gasteiger partial charge in [0.1, 0.15) is 11.3 Å². The molecule has 1 N–H and O–H groups in total. The van der Waals surface area contributed by atoms with E-state index in [1.807, 2.05) is 6.07 Å². The van der Waals surface area contributed by atoms with E-state index in [-0.39, 0.29) is 18.2 Å². The molecule has 26 heavy (non-hydrogen) atoms. The maximum atomic E-state index is 13.0. The molecule has 3 amide bonds. The van der Waals surface area contributed by atoms with Crippen LogP contribution >= 0.6 is 0 Å². The molecule has 0 radical (unpaired) electrons. The lowest BCUT2D eigenvalue weighted by molar-refractivity contribution is -0.131. The Morgan fingerprint density at radius 1 is 1.12 bits per heavy atom. The minimum Gasteiger partial charge on any atom is -0.493 e. The fourth-order valence-electron chi connectivity index (χ4n) is 4.26. The van der Waals surface area contributed by atoms with Gasteiger partial charge in [0.05, 0.1) is 13.2 Å². The van der Waals surface area contributed by atoms with Crippen LogP contribution in [0.4, 0.5) is 4.79 Å². The lowest BCUT2D eigenvalue weighted by Crippen LogP contribution is -2.47. The van der Waals surface area contributed by atoms with Crippen molar-refractivity contribution in [3.8, 4) is 5.75 Å². The van der Waals surface area contributed by atoms with Crippen molar-refractivity contribution in [2.45, 2.75) is 56.9 Å². The van der Waals surface area contributed by atoms with Crippen molar-refractivity contribution in [2.75, 3.05) is 13.2 Å². The number of benzene rings is 1. The van der Waals surface area contributed by atoms with E-state index in [2.05, 4.69) is 5.32 Å². The SMILES string of the molecule is O=C(CN1C(=O)NC2(CCCCCCC2)C1=O)c1ccc2c(c1)CCO2. The van der Waals surface area contributed by atoms with Crippen molar-refractivity contribution in [3.05, 3.63) is 29.3 Å². The van der Waals surface area contributed by atoms with Crippen molar-refractivity contribution in [3.63, 3.8) is 0 Å². The Morgan fingerprint density at radius 3 is 2.62 bits per heavy atom. The van der Waals surface area contributed by atoms with Crippen molar-refractivity contribution in [1.82, 2.24) is 10.2 Å². The van der Waals surface area contributed by atoms with Crippen LogP contribution < -0.4 is 10.1 Å². The van der Waals surface area contributed by atoms with Crippen LogP contribution in [0, 0.1) is 0 Å². The van der Waals surface area contributed by atoms with Crippen LogP contribution in [0.5, 0.6) is 5.75 Å². The van der Waals surface area contributed by atoms with Gasteiger partial charge in [-0.2, -0.15) is 0 Å². The molecule has 0 unspecified atom stereocenters. The van der Waals surface area contributed by atoms with E-state index in [1.54, 1.807) is 12.1 Å². The van der Waals surface area contributed by atoms with Gasteiger partial charge in [0.15, 0.2) is 5.78 Å². The number of imide groups is 1. The summed E-state index contributed by atoms with van der Waals surface area (Å²) in [5.74, 6) is 0.360. The monoisotopic (exact) mass is 356 g/mol. The first-order valence-corrected chi connectivity index (χ1v) is 9.52. The molecule has 0 bridgehead atoms. The summed E-state index contributed by atoms with van der Waals surface area (Å²) in [7, 11) is 0. The Morgan fingerprint density at radius 2 is 1.85 bits per heavy atom. The number of nitrogens with one attached hydrogen (secondary N) is 1. The number of nitrogens with zero attached hydrogens (tertiary/aromatic N) is 1. The summed E-state index contributed by atoms with van der Waals surface area (Å²) in [5.41, 5.74) is 0.724. The minimum absolute atomic E-state index is 0.202. The molecule has 2 heterocycles. The number of carbonyl (C=O) groups is 3. The fourth-order valence-corrected chi connectivity index (χ4v) is 4.26. The van der Waals surface area contributed by atoms with Gasteiger partial charge >= 0.3 is 6.03 Å². The molecule has 1 saturated heterocycles. The van der Waals surface area contributed by atoms with Crippen molar-refractivity contribution in [1.29, 1.82) is 0 Å². The highest BCUT2D eigenvalue weighted by Crippen LogP contribution is 2.32. The summed E-state index contributed by atoms with van der Waals surface area (Å²) in [6, 6.07) is 4.87. The molecule has 1 saturated carbocycles. The number of Topliss-reactive ketones (excluding diaryl/α,β-unsaturated/α-hetero) is 1. The first-order chi connectivity index (χ1) is 12.6. The van der Waals surface area contributed by atoms with E-state index in [9.17, 15) is 14.4 Å². The molecule has 0 atom stereocenters. The Balaban J connectivity index is 1.49. The topological polar surface area (TPSA) is 75.7 Å². The van der Waals surface area contributed by atoms with Gasteiger partial charge in [-0.1, -0.05) is 32.1 Å². The summed E-state index contributed by atoms with van der Waals surface area (Å²) in [4.78, 5) is 39.2. The van der Waals surface area contributed by atoms with Crippen LogP contribution in [0.25, 0.3) is 0 Å². The highest BCUT2D eigenvalue weighted by Gasteiger charge is 2.50. The summed E-state index contributed by atoms with van der Waals surface area (Å²) < 4.78 is 5.46. The maximum Gasteiger partial charge on any atom is 0.325 e. The molecule has 0 aromatic heterocycles. The van der Waals surface area contributed by atoms with E-state index in [1.165, 1.54) is 6.42 Å². The van der Waals surface area contributed by atoms with Crippen LogP contribution in [0.1, 0.15) is 60.9 Å². The number of amides is 3. The molecule has 6 heteroatoms. The quantitative estimate of drug-likeness (QED) is 0.667. The normalized spacial score (nSPS) is 21.8. The van der Waals surface area contributed by atoms with Crippen LogP contribution in [-0.2, 0) is 11.2 Å². The van der Waals surface area contributed by atoms with E-state index in [4.69, 9.17) is 4.74 Å². The van der Waals surface area contributed by atoms with Crippen LogP contribution in [-0.4, -0.2) is 41.3 Å². The third-order valence-corrected chi connectivity index (χ3v) is 5.77. The lowest BCUT2D eigenvalue weighted by Gasteiger charge is -2.28. The first kappa shape index (κ1) is 17.1. The second kappa shape index (κ2) is 6.74. The summed E-state index contributed by atoms with van der Waals surface area (Å²) in [6.45, 7) is 0.425. The van der Waals surface area contributed by atoms with E-state index < -0.39 is 11.6 Å². The Hall–Kier alpha value is -2.37. The third kappa shape index (κ3) is 2.97. The lowest BCUT2D eigenvalue weighted by atomic mass is 9.84. The number of ketones is 1. The molecule has 1 aromatic carbocycles. The standard InChI is InChI=1S/C20H24N2O4/c23-16(14-6-7-17-15(12-14)8-11-26-17)13-22-18(24)20(21-19(22)25)9-4-2-1-3-5-10-20/h6-7,12H,1-5,8-11,13H2,(H,21,25). The molecule has 3 aliphatic rings. The highest BCUT2D eigenvalue weighted by atomic mass is 16.5. The molecule has 2 fully saturated rings. The summed E-state index contributed by atoms with van der Waals surface area (Å²) in [6.07, 6.45) is 7.32. The van der Waals surface area contributed by atoms with Crippen LogP contribution in [0.3, 0.4) is 0 Å². The minimum atomic E-state index is -0.802. The molecule has 1 spiro atoms. The van der Waals surface area contributed by atoms with Gasteiger partial charge in [-0.3, -0.25) is 14.5 Å². The van der Waals surface area contributed by atoms with Gasteiger partial charge in [0.2, 0.25) is 0 Å². The number of hydrogen-bond donors (Lipinski definition) is 1. The van der Waals surface area contributed by atoms with Crippen LogP contribution in [0.15, 0.2) is 18.2 Å². The third-order valence-electron chi connectivity index (χ3n) is 5.77. The molecular weight excluding hydrogens is 332 g/mol. The van der Waals surface area contributed by atoms with Gasteiger partial charge in [-0.05, 0) is 36.6 Å². The van der Waals surface area contributed by atoms with Crippen LogP contribution in [0.2, 0.25) is 0 Å². The zero-order valence-corrected chi connectivity index (χ0v) is 14.9. The average molecular weight is 356 g/mol. The van der Waals surface area contributed by atoms with Gasteiger partial charge in [-0.15, -0.1) is 0 Å². The van der Waals surface area contributed by atoms with Gasteiger partial charge in [0, 0.05) is 12.0 Å². The van der Waals surface area contributed by atoms with Crippen molar-refractivity contribution < 1.29 is 19.1 Å². The second-order valence-corrected chi connectivity index (χ2v) is 7.52. The van der Waals surface area contributed by atoms with Gasteiger partial charge in [-0.25, -0.2) is 4.79 Å². The zero-order chi connectivity index (χ0) is 18.1. The number of carbonyl (C=O) groups excluding carboxylic acids is 3. The summed E-state index contributed by atoms with van der Waals surface area (Å²) >= 11 is 0. The molecule has 4 rings (SSSR count). The predicted molar refractivity (Wildman–Crippen MR) is 95.3 cm³/mol. The Labute approximate surface area is 152 Å². The smallest absolute Gasteiger partial charge is 0.325 e. The van der Waals surface area contributed by atoms with E-state index in [0.717, 1.165) is 48.3 Å². The zero-order valence-electron chi connectivity index (χ0n) is 14.9. The number of hydrogen-bond acceptors (Lipinski definition) is 4. The van der Waals surface area contributed by atoms with Gasteiger partial charge < -0.3 is 10.1 Å². The fraction of sp³-hybridized carbons (Fsp3) is 0.550. The predicted octanol–water partition coefficient (Wildman–Crippen LogP) is 2.84. The molecule has 138 valence electrons.